The first-order valence-electron chi connectivity index (χ1n) is 5.44. The van der Waals surface area contributed by atoms with Crippen LogP contribution in [0.2, 0.25) is 5.02 Å². The Morgan fingerprint density at radius 2 is 2.29 bits per heavy atom. The van der Waals surface area contributed by atoms with Crippen molar-refractivity contribution >= 4 is 17.6 Å². The van der Waals surface area contributed by atoms with E-state index in [4.69, 9.17) is 16.3 Å². The number of halogens is 1. The summed E-state index contributed by atoms with van der Waals surface area (Å²) in [5, 5.41) is 12.7. The molecule has 1 aliphatic carbocycles. The molecule has 1 aromatic rings. The molecule has 17 heavy (non-hydrogen) atoms. The van der Waals surface area contributed by atoms with Gasteiger partial charge < -0.3 is 9.84 Å². The Balaban J connectivity index is 2.22. The molecule has 0 aromatic heterocycles. The quantitative estimate of drug-likeness (QED) is 0.847. The van der Waals surface area contributed by atoms with Crippen molar-refractivity contribution in [2.75, 3.05) is 7.11 Å². The molecule has 1 atom stereocenters. The highest BCUT2D eigenvalue weighted by atomic mass is 35.5. The second-order valence-corrected chi connectivity index (χ2v) is 4.51. The Kier molecular flexibility index (Phi) is 3.54. The van der Waals surface area contributed by atoms with Crippen molar-refractivity contribution in [2.45, 2.75) is 24.9 Å². The van der Waals surface area contributed by atoms with Crippen LogP contribution in [0.4, 0.5) is 0 Å². The minimum atomic E-state index is -0.891. The van der Waals surface area contributed by atoms with Crippen molar-refractivity contribution in [1.29, 1.82) is 0 Å². The molecule has 0 radical (unpaired) electrons. The second-order valence-electron chi connectivity index (χ2n) is 4.11. The molecule has 1 fully saturated rings. The fourth-order valence-electron chi connectivity index (χ4n) is 1.66. The average molecular weight is 256 g/mol. The average Bonchev–Trinajstić information content (AvgIpc) is 3.09. The Hall–Kier alpha value is -1.26. The third-order valence-corrected chi connectivity index (χ3v) is 3.03. The summed E-state index contributed by atoms with van der Waals surface area (Å²) in [5.41, 5.74) is 0.648. The van der Waals surface area contributed by atoms with Gasteiger partial charge in [0, 0.05) is 6.04 Å². The molecular formula is C12H14ClNO3. The number of hydrogen-bond donors (Lipinski definition) is 2. The van der Waals surface area contributed by atoms with E-state index < -0.39 is 12.0 Å². The van der Waals surface area contributed by atoms with E-state index in [9.17, 15) is 9.90 Å². The van der Waals surface area contributed by atoms with Crippen molar-refractivity contribution in [1.82, 2.24) is 5.32 Å². The van der Waals surface area contributed by atoms with Crippen molar-refractivity contribution in [3.05, 3.63) is 28.8 Å². The van der Waals surface area contributed by atoms with E-state index in [2.05, 4.69) is 5.32 Å². The minimum Gasteiger partial charge on any atom is -0.495 e. The molecule has 0 heterocycles. The zero-order chi connectivity index (χ0) is 12.4. The van der Waals surface area contributed by atoms with E-state index in [-0.39, 0.29) is 0 Å². The summed E-state index contributed by atoms with van der Waals surface area (Å²) in [4.78, 5) is 11.2. The van der Waals surface area contributed by atoms with Gasteiger partial charge in [-0.2, -0.15) is 0 Å². The summed E-state index contributed by atoms with van der Waals surface area (Å²) < 4.78 is 5.03. The molecule has 0 amide bonds. The summed E-state index contributed by atoms with van der Waals surface area (Å²) in [7, 11) is 1.53. The smallest absolute Gasteiger partial charge is 0.325 e. The monoisotopic (exact) mass is 255 g/mol. The van der Waals surface area contributed by atoms with E-state index in [0.29, 0.717) is 22.4 Å². The van der Waals surface area contributed by atoms with Crippen molar-refractivity contribution < 1.29 is 14.6 Å². The topological polar surface area (TPSA) is 58.6 Å². The molecule has 0 bridgehead atoms. The number of rotatable bonds is 5. The van der Waals surface area contributed by atoms with E-state index in [1.54, 1.807) is 18.2 Å². The zero-order valence-corrected chi connectivity index (χ0v) is 10.2. The number of ether oxygens (including phenoxy) is 1. The van der Waals surface area contributed by atoms with Crippen LogP contribution in [0.15, 0.2) is 18.2 Å². The molecule has 92 valence electrons. The Morgan fingerprint density at radius 3 is 2.76 bits per heavy atom. The van der Waals surface area contributed by atoms with Crippen LogP contribution < -0.4 is 10.1 Å². The Labute approximate surface area is 105 Å². The normalized spacial score (nSPS) is 16.6. The first-order chi connectivity index (χ1) is 8.11. The van der Waals surface area contributed by atoms with Crippen molar-refractivity contribution in [3.8, 4) is 5.75 Å². The molecule has 0 spiro atoms. The number of hydrogen-bond acceptors (Lipinski definition) is 3. The maximum absolute atomic E-state index is 11.2. The number of methoxy groups -OCH3 is 1. The first kappa shape index (κ1) is 12.2. The predicted octanol–water partition coefficient (Wildman–Crippen LogP) is 2.23. The van der Waals surface area contributed by atoms with Crippen molar-refractivity contribution in [2.24, 2.45) is 0 Å². The molecule has 5 heteroatoms. The lowest BCUT2D eigenvalue weighted by Gasteiger charge is -2.15. The van der Waals surface area contributed by atoms with Crippen LogP contribution in [0.25, 0.3) is 0 Å². The molecule has 4 nitrogen and oxygen atoms in total. The van der Waals surface area contributed by atoms with Crippen LogP contribution in [0.5, 0.6) is 5.75 Å². The summed E-state index contributed by atoms with van der Waals surface area (Å²) in [6.07, 6.45) is 2.07. The van der Waals surface area contributed by atoms with Crippen LogP contribution >= 0.6 is 11.6 Å². The molecule has 2 rings (SSSR count). The summed E-state index contributed by atoms with van der Waals surface area (Å²) in [6, 6.07) is 4.65. The highest BCUT2D eigenvalue weighted by molar-refractivity contribution is 6.32. The van der Waals surface area contributed by atoms with Gasteiger partial charge in [0.25, 0.3) is 0 Å². The lowest BCUT2D eigenvalue weighted by atomic mass is 10.1. The van der Waals surface area contributed by atoms with E-state index in [0.717, 1.165) is 12.8 Å². The van der Waals surface area contributed by atoms with Gasteiger partial charge in [-0.05, 0) is 30.5 Å². The molecule has 0 saturated heterocycles. The highest BCUT2D eigenvalue weighted by Gasteiger charge is 2.29. The van der Waals surface area contributed by atoms with Crippen LogP contribution in [0.1, 0.15) is 24.4 Å². The molecule has 2 N–H and O–H groups in total. The highest BCUT2D eigenvalue weighted by Crippen LogP contribution is 2.30. The standard InChI is InChI=1S/C12H14ClNO3/c1-17-10-5-2-7(6-9(10)13)11(12(15)16)14-8-3-4-8/h2,5-6,8,11,14H,3-4H2,1H3,(H,15,16). The molecule has 1 saturated carbocycles. The van der Waals surface area contributed by atoms with E-state index >= 15 is 0 Å². The lowest BCUT2D eigenvalue weighted by Crippen LogP contribution is -2.30. The number of carboxylic acids is 1. The van der Waals surface area contributed by atoms with E-state index in [1.807, 2.05) is 0 Å². The summed E-state index contributed by atoms with van der Waals surface area (Å²) in [5.74, 6) is -0.343. The maximum Gasteiger partial charge on any atom is 0.325 e. The second kappa shape index (κ2) is 4.94. The van der Waals surface area contributed by atoms with Gasteiger partial charge in [0.15, 0.2) is 0 Å². The van der Waals surface area contributed by atoms with Gasteiger partial charge in [0.2, 0.25) is 0 Å². The number of nitrogens with one attached hydrogen (secondary N) is 1. The van der Waals surface area contributed by atoms with Gasteiger partial charge in [-0.3, -0.25) is 10.1 Å². The summed E-state index contributed by atoms with van der Waals surface area (Å²) >= 11 is 5.98. The largest absolute Gasteiger partial charge is 0.495 e. The van der Waals surface area contributed by atoms with Gasteiger partial charge in [0.05, 0.1) is 12.1 Å². The maximum atomic E-state index is 11.2. The summed E-state index contributed by atoms with van der Waals surface area (Å²) in [6.45, 7) is 0. The number of carbonyl (C=O) groups is 1. The molecule has 1 unspecified atom stereocenters. The first-order valence-corrected chi connectivity index (χ1v) is 5.82. The van der Waals surface area contributed by atoms with Crippen LogP contribution in [0.3, 0.4) is 0 Å². The minimum absolute atomic E-state index is 0.317. The predicted molar refractivity (Wildman–Crippen MR) is 64.5 cm³/mol. The van der Waals surface area contributed by atoms with E-state index in [1.165, 1.54) is 7.11 Å². The number of benzene rings is 1. The molecular weight excluding hydrogens is 242 g/mol. The van der Waals surface area contributed by atoms with Crippen LogP contribution in [0, 0.1) is 0 Å². The third-order valence-electron chi connectivity index (χ3n) is 2.74. The molecule has 0 aliphatic heterocycles. The zero-order valence-electron chi connectivity index (χ0n) is 9.44. The van der Waals surface area contributed by atoms with Crippen molar-refractivity contribution in [3.63, 3.8) is 0 Å². The van der Waals surface area contributed by atoms with Gasteiger partial charge >= 0.3 is 5.97 Å². The van der Waals surface area contributed by atoms with Crippen LogP contribution in [-0.2, 0) is 4.79 Å². The van der Waals surface area contributed by atoms with Gasteiger partial charge in [0.1, 0.15) is 11.8 Å². The number of carboxylic acid groups (broad SMARTS) is 1. The molecule has 1 aliphatic rings. The third kappa shape index (κ3) is 2.90. The van der Waals surface area contributed by atoms with Gasteiger partial charge in [-0.25, -0.2) is 0 Å². The fourth-order valence-corrected chi connectivity index (χ4v) is 1.92. The number of aliphatic carboxylic acids is 1. The van der Waals surface area contributed by atoms with Gasteiger partial charge in [-0.1, -0.05) is 17.7 Å². The Bertz CT molecular complexity index is 432. The van der Waals surface area contributed by atoms with Gasteiger partial charge in [-0.15, -0.1) is 0 Å². The molecule has 1 aromatic carbocycles. The SMILES string of the molecule is COc1ccc(C(NC2CC2)C(=O)O)cc1Cl. The lowest BCUT2D eigenvalue weighted by molar-refractivity contribution is -0.139. The fraction of sp³-hybridized carbons (Fsp3) is 0.417. The Morgan fingerprint density at radius 1 is 1.59 bits per heavy atom. The van der Waals surface area contributed by atoms with Crippen LogP contribution in [-0.4, -0.2) is 24.2 Å².